The lowest BCUT2D eigenvalue weighted by Gasteiger charge is -2.37. The highest BCUT2D eigenvalue weighted by Gasteiger charge is 2.51. The van der Waals surface area contributed by atoms with Crippen molar-refractivity contribution >= 4 is 12.6 Å². The van der Waals surface area contributed by atoms with E-state index in [4.69, 9.17) is 18.8 Å². The topological polar surface area (TPSA) is 40.2 Å². The molecule has 1 aromatic carbocycles. The first-order valence-electron chi connectivity index (χ1n) is 10.7. The van der Waals surface area contributed by atoms with Gasteiger partial charge in [0.15, 0.2) is 0 Å². The van der Waals surface area contributed by atoms with Crippen molar-refractivity contribution < 1.29 is 18.8 Å². The molecule has 2 saturated heterocycles. The van der Waals surface area contributed by atoms with Gasteiger partial charge < -0.3 is 18.8 Å². The molecule has 3 rings (SSSR count). The van der Waals surface area contributed by atoms with E-state index in [-0.39, 0.29) is 18.3 Å². The SMILES string of the molecule is CCC1CN(CCOc2cccc(B3OC(C)(C)C(C)(C)O3)c2)CC(CC)O1. The molecule has 0 radical (unpaired) electrons. The van der Waals surface area contributed by atoms with Crippen LogP contribution in [0.25, 0.3) is 0 Å². The molecule has 5 nitrogen and oxygen atoms in total. The van der Waals surface area contributed by atoms with Crippen LogP contribution >= 0.6 is 0 Å². The maximum absolute atomic E-state index is 6.15. The molecule has 2 aliphatic rings. The quantitative estimate of drug-likeness (QED) is 0.670. The highest BCUT2D eigenvalue weighted by Crippen LogP contribution is 2.36. The summed E-state index contributed by atoms with van der Waals surface area (Å²) >= 11 is 0. The number of benzene rings is 1. The summed E-state index contributed by atoms with van der Waals surface area (Å²) in [6.07, 6.45) is 2.80. The van der Waals surface area contributed by atoms with Gasteiger partial charge in [0, 0.05) is 19.6 Å². The molecule has 0 amide bonds. The summed E-state index contributed by atoms with van der Waals surface area (Å²) in [5.41, 5.74) is 0.326. The Morgan fingerprint density at radius 2 is 1.64 bits per heavy atom. The smallest absolute Gasteiger partial charge is 0.492 e. The van der Waals surface area contributed by atoms with E-state index in [2.05, 4.69) is 46.4 Å². The maximum atomic E-state index is 6.15. The molecule has 0 saturated carbocycles. The van der Waals surface area contributed by atoms with Gasteiger partial charge in [-0.15, -0.1) is 0 Å². The predicted octanol–water partition coefficient (Wildman–Crippen LogP) is 3.25. The zero-order chi connectivity index (χ0) is 20.4. The van der Waals surface area contributed by atoms with Crippen LogP contribution in [0.2, 0.25) is 0 Å². The van der Waals surface area contributed by atoms with Gasteiger partial charge in [0.2, 0.25) is 0 Å². The molecule has 2 aliphatic heterocycles. The van der Waals surface area contributed by atoms with Crippen molar-refractivity contribution in [3.63, 3.8) is 0 Å². The van der Waals surface area contributed by atoms with Gasteiger partial charge >= 0.3 is 7.12 Å². The molecule has 0 spiro atoms. The van der Waals surface area contributed by atoms with E-state index >= 15 is 0 Å². The van der Waals surface area contributed by atoms with Crippen molar-refractivity contribution in [2.45, 2.75) is 77.8 Å². The Morgan fingerprint density at radius 1 is 1.04 bits per heavy atom. The molecule has 0 N–H and O–H groups in total. The fraction of sp³-hybridized carbons (Fsp3) is 0.727. The van der Waals surface area contributed by atoms with Crippen molar-refractivity contribution in [1.82, 2.24) is 4.90 Å². The summed E-state index contributed by atoms with van der Waals surface area (Å²) < 4.78 is 24.4. The molecule has 1 aromatic rings. The van der Waals surface area contributed by atoms with Crippen LogP contribution in [0.4, 0.5) is 0 Å². The van der Waals surface area contributed by atoms with E-state index in [1.165, 1.54) is 0 Å². The van der Waals surface area contributed by atoms with E-state index in [1.807, 2.05) is 24.3 Å². The molecule has 2 fully saturated rings. The summed E-state index contributed by atoms with van der Waals surface area (Å²) in [5, 5.41) is 0. The second kappa shape index (κ2) is 8.74. The second-order valence-electron chi connectivity index (χ2n) is 8.97. The van der Waals surface area contributed by atoms with E-state index in [0.717, 1.165) is 43.7 Å². The fourth-order valence-corrected chi connectivity index (χ4v) is 3.66. The Hall–Kier alpha value is -1.08. The van der Waals surface area contributed by atoms with Crippen LogP contribution in [-0.2, 0) is 14.0 Å². The summed E-state index contributed by atoms with van der Waals surface area (Å²) in [6, 6.07) is 8.07. The van der Waals surface area contributed by atoms with Crippen molar-refractivity contribution in [2.75, 3.05) is 26.2 Å². The first-order valence-corrected chi connectivity index (χ1v) is 10.7. The molecule has 2 heterocycles. The van der Waals surface area contributed by atoms with Crippen LogP contribution in [0, 0.1) is 0 Å². The number of hydrogen-bond donors (Lipinski definition) is 0. The molecule has 0 aliphatic carbocycles. The highest BCUT2D eigenvalue weighted by molar-refractivity contribution is 6.62. The molecule has 0 bridgehead atoms. The first kappa shape index (κ1) is 21.6. The molecule has 28 heavy (non-hydrogen) atoms. The van der Waals surface area contributed by atoms with E-state index in [9.17, 15) is 0 Å². The predicted molar refractivity (Wildman–Crippen MR) is 113 cm³/mol. The minimum absolute atomic E-state index is 0.337. The summed E-state index contributed by atoms with van der Waals surface area (Å²) in [4.78, 5) is 2.46. The Morgan fingerprint density at radius 3 is 2.21 bits per heavy atom. The van der Waals surface area contributed by atoms with E-state index in [1.54, 1.807) is 0 Å². The molecule has 2 atom stereocenters. The van der Waals surface area contributed by atoms with Crippen LogP contribution in [0.1, 0.15) is 54.4 Å². The first-order chi connectivity index (χ1) is 13.2. The van der Waals surface area contributed by atoms with Crippen molar-refractivity contribution in [2.24, 2.45) is 0 Å². The zero-order valence-electron chi connectivity index (χ0n) is 18.4. The van der Waals surface area contributed by atoms with Gasteiger partial charge in [0.25, 0.3) is 0 Å². The highest BCUT2D eigenvalue weighted by atomic mass is 16.7. The van der Waals surface area contributed by atoms with Crippen LogP contribution in [0.5, 0.6) is 5.75 Å². The summed E-state index contributed by atoms with van der Waals surface area (Å²) in [5.74, 6) is 0.861. The molecule has 2 unspecified atom stereocenters. The van der Waals surface area contributed by atoms with Gasteiger partial charge in [-0.3, -0.25) is 4.90 Å². The normalized spacial score (nSPS) is 27.1. The Bertz CT molecular complexity index is 623. The van der Waals surface area contributed by atoms with Crippen LogP contribution in [0.15, 0.2) is 24.3 Å². The Balaban J connectivity index is 1.54. The average Bonchev–Trinajstić information content (AvgIpc) is 2.89. The molecular formula is C22H36BNO4. The molecular weight excluding hydrogens is 353 g/mol. The van der Waals surface area contributed by atoms with Gasteiger partial charge in [-0.25, -0.2) is 0 Å². The molecule has 156 valence electrons. The monoisotopic (exact) mass is 389 g/mol. The van der Waals surface area contributed by atoms with E-state index < -0.39 is 0 Å². The number of rotatable bonds is 7. The Labute approximate surface area is 170 Å². The zero-order valence-corrected chi connectivity index (χ0v) is 18.4. The van der Waals surface area contributed by atoms with Crippen LogP contribution in [0.3, 0.4) is 0 Å². The third kappa shape index (κ3) is 4.91. The lowest BCUT2D eigenvalue weighted by atomic mass is 9.79. The van der Waals surface area contributed by atoms with Gasteiger partial charge in [0.05, 0.1) is 23.4 Å². The average molecular weight is 389 g/mol. The van der Waals surface area contributed by atoms with Crippen molar-refractivity contribution in [1.29, 1.82) is 0 Å². The number of hydrogen-bond acceptors (Lipinski definition) is 5. The van der Waals surface area contributed by atoms with Gasteiger partial charge in [-0.2, -0.15) is 0 Å². The van der Waals surface area contributed by atoms with Crippen LogP contribution in [-0.4, -0.2) is 61.7 Å². The van der Waals surface area contributed by atoms with E-state index in [0.29, 0.717) is 18.8 Å². The number of morpholine rings is 1. The van der Waals surface area contributed by atoms with Gasteiger partial charge in [0.1, 0.15) is 12.4 Å². The summed E-state index contributed by atoms with van der Waals surface area (Å²) in [7, 11) is -0.358. The van der Waals surface area contributed by atoms with Gasteiger partial charge in [-0.05, 0) is 58.1 Å². The third-order valence-electron chi connectivity index (χ3n) is 6.28. The lowest BCUT2D eigenvalue weighted by molar-refractivity contribution is -0.0885. The fourth-order valence-electron chi connectivity index (χ4n) is 3.66. The Kier molecular flexibility index (Phi) is 6.75. The minimum Gasteiger partial charge on any atom is -0.492 e. The third-order valence-corrected chi connectivity index (χ3v) is 6.28. The van der Waals surface area contributed by atoms with Gasteiger partial charge in [-0.1, -0.05) is 26.0 Å². The minimum atomic E-state index is -0.358. The maximum Gasteiger partial charge on any atom is 0.494 e. The lowest BCUT2D eigenvalue weighted by Crippen LogP contribution is -2.48. The molecule has 6 heteroatoms. The largest absolute Gasteiger partial charge is 0.494 e. The summed E-state index contributed by atoms with van der Waals surface area (Å²) in [6.45, 7) is 16.2. The standard InChI is InChI=1S/C22H36BNO4/c1-7-18-15-24(16-19(8-2)26-18)12-13-25-20-11-9-10-17(14-20)23-27-21(3,4)22(5,6)28-23/h9-11,14,18-19H,7-8,12-13,15-16H2,1-6H3. The second-order valence-corrected chi connectivity index (χ2v) is 8.97. The van der Waals surface area contributed by atoms with Crippen LogP contribution < -0.4 is 10.2 Å². The van der Waals surface area contributed by atoms with Crippen molar-refractivity contribution in [3.05, 3.63) is 24.3 Å². The number of ether oxygens (including phenoxy) is 2. The van der Waals surface area contributed by atoms with Crippen molar-refractivity contribution in [3.8, 4) is 5.75 Å². The molecule has 0 aromatic heterocycles. The number of nitrogens with zero attached hydrogens (tertiary/aromatic N) is 1.